The Morgan fingerprint density at radius 3 is 2.83 bits per heavy atom. The lowest BCUT2D eigenvalue weighted by Gasteiger charge is -2.10. The zero-order valence-corrected chi connectivity index (χ0v) is 9.99. The van der Waals surface area contributed by atoms with E-state index in [9.17, 15) is 5.11 Å². The van der Waals surface area contributed by atoms with Crippen LogP contribution in [0.1, 0.15) is 12.3 Å². The van der Waals surface area contributed by atoms with Crippen LogP contribution in [0.4, 0.5) is 0 Å². The van der Waals surface area contributed by atoms with Gasteiger partial charge in [-0.15, -0.1) is 10.2 Å². The molecule has 1 aliphatic heterocycles. The number of aliphatic hydroxyl groups excluding tert-OH is 1. The normalized spacial score (nSPS) is 20.4. The van der Waals surface area contributed by atoms with E-state index in [1.54, 1.807) is 0 Å². The van der Waals surface area contributed by atoms with E-state index in [4.69, 9.17) is 4.42 Å². The minimum Gasteiger partial charge on any atom is -0.419 e. The van der Waals surface area contributed by atoms with Crippen LogP contribution in [0.15, 0.2) is 34.7 Å². The second-order valence-electron chi connectivity index (χ2n) is 4.54. The molecule has 0 saturated carbocycles. The van der Waals surface area contributed by atoms with Gasteiger partial charge in [0.25, 0.3) is 0 Å². The maximum absolute atomic E-state index is 9.45. The quantitative estimate of drug-likeness (QED) is 0.883. The summed E-state index contributed by atoms with van der Waals surface area (Å²) in [5.74, 6) is 1.15. The van der Waals surface area contributed by atoms with Gasteiger partial charge >= 0.3 is 0 Å². The van der Waals surface area contributed by atoms with Crippen molar-refractivity contribution < 1.29 is 9.52 Å². The monoisotopic (exact) mass is 245 g/mol. The molecule has 1 aromatic heterocycles. The first-order valence-corrected chi connectivity index (χ1v) is 6.09. The summed E-state index contributed by atoms with van der Waals surface area (Å²) in [6.45, 7) is 2.17. The Bertz CT molecular complexity index is 512. The van der Waals surface area contributed by atoms with Gasteiger partial charge in [0.05, 0.1) is 12.6 Å². The van der Waals surface area contributed by atoms with Gasteiger partial charge in [0.2, 0.25) is 11.8 Å². The number of rotatable bonds is 3. The molecule has 0 bridgehead atoms. The molecule has 1 saturated heterocycles. The molecule has 0 spiro atoms. The third-order valence-corrected chi connectivity index (χ3v) is 3.09. The highest BCUT2D eigenvalue weighted by Gasteiger charge is 2.22. The fourth-order valence-electron chi connectivity index (χ4n) is 2.16. The van der Waals surface area contributed by atoms with Crippen molar-refractivity contribution in [1.82, 2.24) is 15.1 Å². The molecule has 5 nitrogen and oxygen atoms in total. The van der Waals surface area contributed by atoms with Crippen molar-refractivity contribution in [2.75, 3.05) is 13.1 Å². The number of hydrogen-bond acceptors (Lipinski definition) is 5. The van der Waals surface area contributed by atoms with Crippen molar-refractivity contribution in [3.63, 3.8) is 0 Å². The Morgan fingerprint density at radius 2 is 2.11 bits per heavy atom. The first-order chi connectivity index (χ1) is 8.81. The molecule has 2 heterocycles. The van der Waals surface area contributed by atoms with E-state index in [1.165, 1.54) is 0 Å². The summed E-state index contributed by atoms with van der Waals surface area (Å²) >= 11 is 0. The lowest BCUT2D eigenvalue weighted by Crippen LogP contribution is -2.21. The van der Waals surface area contributed by atoms with Crippen molar-refractivity contribution in [2.24, 2.45) is 0 Å². The molecule has 94 valence electrons. The number of benzene rings is 1. The van der Waals surface area contributed by atoms with Crippen LogP contribution >= 0.6 is 0 Å². The first-order valence-electron chi connectivity index (χ1n) is 6.09. The van der Waals surface area contributed by atoms with Gasteiger partial charge in [-0.05, 0) is 18.6 Å². The summed E-state index contributed by atoms with van der Waals surface area (Å²) in [6, 6.07) is 9.71. The molecule has 1 N–H and O–H groups in total. The zero-order chi connectivity index (χ0) is 12.4. The molecule has 1 aliphatic rings. The molecule has 0 aliphatic carbocycles. The zero-order valence-electron chi connectivity index (χ0n) is 9.99. The van der Waals surface area contributed by atoms with E-state index in [2.05, 4.69) is 15.1 Å². The minimum atomic E-state index is -0.221. The fourth-order valence-corrected chi connectivity index (χ4v) is 2.16. The van der Waals surface area contributed by atoms with Gasteiger partial charge in [-0.2, -0.15) is 0 Å². The molecular formula is C13H15N3O2. The lowest BCUT2D eigenvalue weighted by atomic mass is 10.2. The average Bonchev–Trinajstić information content (AvgIpc) is 3.01. The highest BCUT2D eigenvalue weighted by Crippen LogP contribution is 2.18. The van der Waals surface area contributed by atoms with Crippen molar-refractivity contribution in [3.8, 4) is 11.5 Å². The summed E-state index contributed by atoms with van der Waals surface area (Å²) in [6.07, 6.45) is 0.598. The maximum Gasteiger partial charge on any atom is 0.247 e. The summed E-state index contributed by atoms with van der Waals surface area (Å²) in [5.41, 5.74) is 0.928. The van der Waals surface area contributed by atoms with Gasteiger partial charge in [0.15, 0.2) is 0 Å². The number of hydrogen-bond donors (Lipinski definition) is 1. The van der Waals surface area contributed by atoms with E-state index >= 15 is 0 Å². The van der Waals surface area contributed by atoms with Crippen LogP contribution in [-0.2, 0) is 6.54 Å². The second kappa shape index (κ2) is 4.88. The fraction of sp³-hybridized carbons (Fsp3) is 0.385. The van der Waals surface area contributed by atoms with E-state index in [-0.39, 0.29) is 6.10 Å². The van der Waals surface area contributed by atoms with E-state index in [0.717, 1.165) is 18.5 Å². The van der Waals surface area contributed by atoms with Crippen LogP contribution < -0.4 is 0 Å². The largest absolute Gasteiger partial charge is 0.419 e. The molecule has 0 radical (unpaired) electrons. The molecule has 1 atom stereocenters. The summed E-state index contributed by atoms with van der Waals surface area (Å²) in [7, 11) is 0. The van der Waals surface area contributed by atoms with Gasteiger partial charge in [0, 0.05) is 18.7 Å². The van der Waals surface area contributed by atoms with Gasteiger partial charge in [-0.3, -0.25) is 4.90 Å². The van der Waals surface area contributed by atoms with Gasteiger partial charge in [-0.1, -0.05) is 18.2 Å². The number of aliphatic hydroxyl groups is 1. The Balaban J connectivity index is 1.70. The summed E-state index contributed by atoms with van der Waals surface area (Å²) in [4.78, 5) is 2.12. The lowest BCUT2D eigenvalue weighted by molar-refractivity contribution is 0.171. The molecule has 0 amide bonds. The number of nitrogens with zero attached hydrogens (tertiary/aromatic N) is 3. The predicted octanol–water partition coefficient (Wildman–Crippen LogP) is 1.30. The van der Waals surface area contributed by atoms with Gasteiger partial charge < -0.3 is 9.52 Å². The van der Waals surface area contributed by atoms with Crippen molar-refractivity contribution in [2.45, 2.75) is 19.1 Å². The molecule has 1 fully saturated rings. The summed E-state index contributed by atoms with van der Waals surface area (Å²) < 4.78 is 5.62. The third kappa shape index (κ3) is 2.42. The highest BCUT2D eigenvalue weighted by atomic mass is 16.4. The van der Waals surface area contributed by atoms with Gasteiger partial charge in [-0.25, -0.2) is 0 Å². The van der Waals surface area contributed by atoms with Crippen LogP contribution in [0.2, 0.25) is 0 Å². The molecule has 0 unspecified atom stereocenters. The topological polar surface area (TPSA) is 62.4 Å². The third-order valence-electron chi connectivity index (χ3n) is 3.09. The van der Waals surface area contributed by atoms with Crippen LogP contribution in [0.25, 0.3) is 11.5 Å². The predicted molar refractivity (Wildman–Crippen MR) is 65.6 cm³/mol. The second-order valence-corrected chi connectivity index (χ2v) is 4.54. The Hall–Kier alpha value is -1.72. The van der Waals surface area contributed by atoms with E-state index < -0.39 is 0 Å². The van der Waals surface area contributed by atoms with E-state index in [1.807, 2.05) is 30.3 Å². The molecule has 5 heteroatoms. The number of β-amino-alcohol motifs (C(OH)–C–C–N with tert-alkyl or cyclic N) is 1. The Labute approximate surface area is 105 Å². The summed E-state index contributed by atoms with van der Waals surface area (Å²) in [5, 5.41) is 17.5. The number of aromatic nitrogens is 2. The van der Waals surface area contributed by atoms with Crippen molar-refractivity contribution in [3.05, 3.63) is 36.2 Å². The van der Waals surface area contributed by atoms with Crippen molar-refractivity contribution in [1.29, 1.82) is 0 Å². The molecule has 3 rings (SSSR count). The average molecular weight is 245 g/mol. The Kier molecular flexibility index (Phi) is 3.08. The van der Waals surface area contributed by atoms with Gasteiger partial charge in [0.1, 0.15) is 0 Å². The van der Waals surface area contributed by atoms with Crippen LogP contribution in [0, 0.1) is 0 Å². The Morgan fingerprint density at radius 1 is 1.28 bits per heavy atom. The molecule has 1 aromatic carbocycles. The van der Waals surface area contributed by atoms with E-state index in [0.29, 0.717) is 24.9 Å². The molecule has 18 heavy (non-hydrogen) atoms. The SMILES string of the molecule is O[C@@H]1CCN(Cc2nnc(-c3ccccc3)o2)C1. The highest BCUT2D eigenvalue weighted by molar-refractivity contribution is 5.51. The first kappa shape index (κ1) is 11.4. The molecule has 2 aromatic rings. The number of likely N-dealkylation sites (tertiary alicyclic amines) is 1. The standard InChI is InChI=1S/C13H15N3O2/c17-11-6-7-16(8-11)9-12-14-15-13(18-12)10-4-2-1-3-5-10/h1-5,11,17H,6-9H2/t11-/m1/s1. The van der Waals surface area contributed by atoms with Crippen molar-refractivity contribution >= 4 is 0 Å². The molecular weight excluding hydrogens is 230 g/mol. The van der Waals surface area contributed by atoms with Crippen LogP contribution in [0.3, 0.4) is 0 Å². The maximum atomic E-state index is 9.45. The van der Waals surface area contributed by atoms with Crippen LogP contribution in [-0.4, -0.2) is 39.4 Å². The smallest absolute Gasteiger partial charge is 0.247 e. The van der Waals surface area contributed by atoms with Crippen LogP contribution in [0.5, 0.6) is 0 Å². The minimum absolute atomic E-state index is 0.221.